The maximum Gasteiger partial charge on any atom is 0.434 e. The average Bonchev–Trinajstić information content (AvgIpc) is 3.39. The molecule has 0 aliphatic carbocycles. The first-order valence-corrected chi connectivity index (χ1v) is 8.20. The number of rotatable bonds is 4. The van der Waals surface area contributed by atoms with E-state index in [2.05, 4.69) is 20.6 Å². The molecule has 0 fully saturated rings. The Bertz CT molecular complexity index is 1120. The number of alkyl halides is 3. The zero-order valence-electron chi connectivity index (χ0n) is 14.5. The van der Waals surface area contributed by atoms with Crippen LogP contribution in [0.5, 0.6) is 5.75 Å². The van der Waals surface area contributed by atoms with Crippen molar-refractivity contribution in [3.8, 4) is 17.1 Å². The van der Waals surface area contributed by atoms with Crippen LogP contribution in [0.15, 0.2) is 67.1 Å². The molecule has 0 spiro atoms. The van der Waals surface area contributed by atoms with Gasteiger partial charge in [-0.2, -0.15) is 18.3 Å². The summed E-state index contributed by atoms with van der Waals surface area (Å²) in [4.78, 5) is 12.4. The molecule has 0 aliphatic rings. The third kappa shape index (κ3) is 3.70. The van der Waals surface area contributed by atoms with Crippen LogP contribution in [0.25, 0.3) is 11.4 Å². The van der Waals surface area contributed by atoms with Gasteiger partial charge in [-0.25, -0.2) is 14.2 Å². The second-order valence-electron chi connectivity index (χ2n) is 5.79. The van der Waals surface area contributed by atoms with Gasteiger partial charge >= 0.3 is 12.1 Å². The maximum absolute atomic E-state index is 13.6. The van der Waals surface area contributed by atoms with Crippen molar-refractivity contribution in [3.05, 3.63) is 78.4 Å². The Morgan fingerprint density at radius 1 is 0.966 bits per heavy atom. The molecular formula is C18H11F3N6O2. The van der Waals surface area contributed by atoms with Crippen LogP contribution < -0.4 is 4.74 Å². The van der Waals surface area contributed by atoms with Crippen molar-refractivity contribution in [2.75, 3.05) is 0 Å². The highest BCUT2D eigenvalue weighted by Gasteiger charge is 2.41. The van der Waals surface area contributed by atoms with E-state index in [9.17, 15) is 18.0 Å². The van der Waals surface area contributed by atoms with Gasteiger partial charge in [-0.15, -0.1) is 5.10 Å². The van der Waals surface area contributed by atoms with E-state index in [1.54, 1.807) is 30.3 Å². The van der Waals surface area contributed by atoms with E-state index in [1.165, 1.54) is 35.3 Å². The summed E-state index contributed by atoms with van der Waals surface area (Å²) in [5.41, 5.74) is -1.14. The number of tetrazole rings is 1. The molecule has 2 heterocycles. The van der Waals surface area contributed by atoms with E-state index >= 15 is 0 Å². The number of para-hydroxylation sites is 1. The number of carbonyl (C=O) groups excluding carboxylic acids is 1. The highest BCUT2D eigenvalue weighted by Crippen LogP contribution is 2.34. The number of nitrogens with zero attached hydrogens (tertiary/aromatic N) is 6. The number of ether oxygens (including phenoxy) is 1. The lowest BCUT2D eigenvalue weighted by atomic mass is 10.2. The molecule has 0 unspecified atom stereocenters. The Kier molecular flexibility index (Phi) is 4.55. The van der Waals surface area contributed by atoms with E-state index in [0.717, 1.165) is 6.20 Å². The summed E-state index contributed by atoms with van der Waals surface area (Å²) in [6.07, 6.45) is -2.60. The highest BCUT2D eigenvalue weighted by atomic mass is 19.4. The van der Waals surface area contributed by atoms with Crippen LogP contribution >= 0.6 is 0 Å². The Balaban J connectivity index is 1.63. The van der Waals surface area contributed by atoms with Crippen molar-refractivity contribution in [1.82, 2.24) is 30.0 Å². The van der Waals surface area contributed by atoms with Gasteiger partial charge in [0.2, 0.25) is 0 Å². The fraction of sp³-hybridized carbons (Fsp3) is 0.0556. The average molecular weight is 400 g/mol. The Morgan fingerprint density at radius 2 is 1.69 bits per heavy atom. The molecule has 146 valence electrons. The normalized spacial score (nSPS) is 11.4. The van der Waals surface area contributed by atoms with Crippen molar-refractivity contribution < 1.29 is 22.7 Å². The van der Waals surface area contributed by atoms with Gasteiger partial charge in [0.25, 0.3) is 0 Å². The quantitative estimate of drug-likeness (QED) is 0.387. The minimum atomic E-state index is -4.81. The fourth-order valence-corrected chi connectivity index (χ4v) is 2.64. The smallest absolute Gasteiger partial charge is 0.423 e. The molecule has 0 atom stereocenters. The minimum absolute atomic E-state index is 0.0624. The molecule has 0 aliphatic heterocycles. The Hall–Kier alpha value is -4.02. The summed E-state index contributed by atoms with van der Waals surface area (Å²) >= 11 is 0. The predicted molar refractivity (Wildman–Crippen MR) is 92.7 cm³/mol. The molecule has 8 nitrogen and oxygen atoms in total. The van der Waals surface area contributed by atoms with Crippen LogP contribution in [0.3, 0.4) is 0 Å². The van der Waals surface area contributed by atoms with E-state index < -0.39 is 23.4 Å². The van der Waals surface area contributed by atoms with Crippen molar-refractivity contribution in [3.63, 3.8) is 0 Å². The summed E-state index contributed by atoms with van der Waals surface area (Å²) in [6, 6.07) is 13.7. The number of benzene rings is 2. The SMILES string of the molecule is O=C(Oc1ccc(-n2cnnn2)cc1)c1cnn(-c2ccccc2)c1C(F)(F)F. The first-order valence-electron chi connectivity index (χ1n) is 8.20. The molecule has 0 saturated heterocycles. The van der Waals surface area contributed by atoms with Gasteiger partial charge in [0.15, 0.2) is 5.69 Å². The number of hydrogen-bond donors (Lipinski definition) is 0. The van der Waals surface area contributed by atoms with Crippen molar-refractivity contribution in [2.45, 2.75) is 6.18 Å². The van der Waals surface area contributed by atoms with Gasteiger partial charge in [0.05, 0.1) is 17.6 Å². The van der Waals surface area contributed by atoms with Crippen LogP contribution in [0.2, 0.25) is 0 Å². The standard InChI is InChI=1S/C18H11F3N6O2/c19-18(20,21)16-15(10-23-27(16)13-4-2-1-3-5-13)17(28)29-14-8-6-12(7-9-14)26-11-22-24-25-26/h1-11H. The summed E-state index contributed by atoms with van der Waals surface area (Å²) in [5, 5.41) is 14.4. The lowest BCUT2D eigenvalue weighted by Gasteiger charge is -2.12. The second-order valence-corrected chi connectivity index (χ2v) is 5.79. The van der Waals surface area contributed by atoms with Crippen LogP contribution in [0.1, 0.15) is 16.1 Å². The zero-order chi connectivity index (χ0) is 20.4. The van der Waals surface area contributed by atoms with Gasteiger partial charge in [0.1, 0.15) is 17.6 Å². The topological polar surface area (TPSA) is 87.7 Å². The van der Waals surface area contributed by atoms with Crippen LogP contribution in [0.4, 0.5) is 13.2 Å². The minimum Gasteiger partial charge on any atom is -0.423 e. The van der Waals surface area contributed by atoms with E-state index in [1.807, 2.05) is 0 Å². The Labute approximate surface area is 161 Å². The fourth-order valence-electron chi connectivity index (χ4n) is 2.64. The summed E-state index contributed by atoms with van der Waals surface area (Å²) in [5.74, 6) is -1.11. The summed E-state index contributed by atoms with van der Waals surface area (Å²) < 4.78 is 48.1. The van der Waals surface area contributed by atoms with Gasteiger partial charge in [-0.05, 0) is 46.8 Å². The lowest BCUT2D eigenvalue weighted by Crippen LogP contribution is -2.19. The molecule has 4 rings (SSSR count). The molecule has 0 amide bonds. The first-order chi connectivity index (χ1) is 13.9. The first kappa shape index (κ1) is 18.3. The van der Waals surface area contributed by atoms with E-state index in [-0.39, 0.29) is 11.4 Å². The number of halogens is 3. The molecular weight excluding hydrogens is 389 g/mol. The molecule has 2 aromatic carbocycles. The molecule has 0 radical (unpaired) electrons. The number of carbonyl (C=O) groups is 1. The van der Waals surface area contributed by atoms with E-state index in [4.69, 9.17) is 4.74 Å². The molecule has 0 saturated carbocycles. The second kappa shape index (κ2) is 7.19. The largest absolute Gasteiger partial charge is 0.434 e. The molecule has 4 aromatic rings. The van der Waals surface area contributed by atoms with Gasteiger partial charge in [-0.3, -0.25) is 0 Å². The van der Waals surface area contributed by atoms with Gasteiger partial charge in [-0.1, -0.05) is 18.2 Å². The van der Waals surface area contributed by atoms with Crippen LogP contribution in [-0.2, 0) is 6.18 Å². The van der Waals surface area contributed by atoms with E-state index in [0.29, 0.717) is 10.4 Å². The summed E-state index contributed by atoms with van der Waals surface area (Å²) in [7, 11) is 0. The van der Waals surface area contributed by atoms with Crippen LogP contribution in [0, 0.1) is 0 Å². The molecule has 0 bridgehead atoms. The van der Waals surface area contributed by atoms with Crippen molar-refractivity contribution in [2.24, 2.45) is 0 Å². The monoisotopic (exact) mass is 400 g/mol. The third-order valence-electron chi connectivity index (χ3n) is 3.92. The predicted octanol–water partition coefficient (Wildman–Crippen LogP) is 3.09. The van der Waals surface area contributed by atoms with Gasteiger partial charge < -0.3 is 4.74 Å². The Morgan fingerprint density at radius 3 is 2.31 bits per heavy atom. The molecule has 11 heteroatoms. The van der Waals surface area contributed by atoms with Crippen molar-refractivity contribution >= 4 is 5.97 Å². The molecule has 29 heavy (non-hydrogen) atoms. The third-order valence-corrected chi connectivity index (χ3v) is 3.92. The highest BCUT2D eigenvalue weighted by molar-refractivity contribution is 5.92. The summed E-state index contributed by atoms with van der Waals surface area (Å²) in [6.45, 7) is 0. The number of esters is 1. The number of aromatic nitrogens is 6. The lowest BCUT2D eigenvalue weighted by molar-refractivity contribution is -0.143. The maximum atomic E-state index is 13.6. The number of hydrogen-bond acceptors (Lipinski definition) is 6. The van der Waals surface area contributed by atoms with Gasteiger partial charge in [0, 0.05) is 0 Å². The molecule has 0 N–H and O–H groups in total. The molecule has 2 aromatic heterocycles. The zero-order valence-corrected chi connectivity index (χ0v) is 14.5. The van der Waals surface area contributed by atoms with Crippen LogP contribution in [-0.4, -0.2) is 36.0 Å². The van der Waals surface area contributed by atoms with Crippen molar-refractivity contribution in [1.29, 1.82) is 0 Å².